The van der Waals surface area contributed by atoms with E-state index in [9.17, 15) is 10.1 Å². The second-order valence-electron chi connectivity index (χ2n) is 5.98. The van der Waals surface area contributed by atoms with Crippen molar-refractivity contribution in [3.8, 4) is 17.6 Å². The predicted octanol–water partition coefficient (Wildman–Crippen LogP) is 5.33. The fourth-order valence-corrected chi connectivity index (χ4v) is 2.44. The number of nitrogens with zero attached hydrogens (tertiary/aromatic N) is 1. The highest BCUT2D eigenvalue weighted by molar-refractivity contribution is 6.09. The quantitative estimate of drug-likeness (QED) is 0.497. The third-order valence-electron chi connectivity index (χ3n) is 3.82. The predicted molar refractivity (Wildman–Crippen MR) is 106 cm³/mol. The Hall–Kier alpha value is -3.84. The minimum Gasteiger partial charge on any atom is -0.457 e. The van der Waals surface area contributed by atoms with E-state index in [1.165, 1.54) is 0 Å². The van der Waals surface area contributed by atoms with Gasteiger partial charge in [0.1, 0.15) is 23.1 Å². The van der Waals surface area contributed by atoms with Crippen molar-refractivity contribution < 1.29 is 9.53 Å². The molecule has 0 aliphatic heterocycles. The first kappa shape index (κ1) is 18.0. The molecule has 1 N–H and O–H groups in total. The maximum atomic E-state index is 12.4. The molecule has 27 heavy (non-hydrogen) atoms. The summed E-state index contributed by atoms with van der Waals surface area (Å²) in [7, 11) is 0. The molecule has 1 amide bonds. The van der Waals surface area contributed by atoms with Crippen molar-refractivity contribution >= 4 is 17.7 Å². The largest absolute Gasteiger partial charge is 0.457 e. The summed E-state index contributed by atoms with van der Waals surface area (Å²) in [5, 5.41) is 12.1. The van der Waals surface area contributed by atoms with Crippen LogP contribution in [0.3, 0.4) is 0 Å². The van der Waals surface area contributed by atoms with Gasteiger partial charge in [-0.1, -0.05) is 48.0 Å². The van der Waals surface area contributed by atoms with Crippen LogP contribution < -0.4 is 10.1 Å². The van der Waals surface area contributed by atoms with Crippen LogP contribution in [0.25, 0.3) is 6.08 Å². The van der Waals surface area contributed by atoms with E-state index in [0.29, 0.717) is 17.0 Å². The molecule has 0 unspecified atom stereocenters. The van der Waals surface area contributed by atoms with E-state index in [1.807, 2.05) is 73.7 Å². The lowest BCUT2D eigenvalue weighted by Crippen LogP contribution is -2.13. The number of hydrogen-bond donors (Lipinski definition) is 1. The maximum absolute atomic E-state index is 12.4. The molecule has 0 atom stereocenters. The van der Waals surface area contributed by atoms with E-state index in [2.05, 4.69) is 5.32 Å². The molecule has 0 spiro atoms. The fraction of sp³-hybridized carbons (Fsp3) is 0.0435. The topological polar surface area (TPSA) is 62.1 Å². The molecule has 3 aromatic carbocycles. The van der Waals surface area contributed by atoms with Gasteiger partial charge in [0.2, 0.25) is 0 Å². The Morgan fingerprint density at radius 2 is 1.67 bits per heavy atom. The zero-order valence-electron chi connectivity index (χ0n) is 14.8. The Morgan fingerprint density at radius 3 is 2.37 bits per heavy atom. The summed E-state index contributed by atoms with van der Waals surface area (Å²) >= 11 is 0. The van der Waals surface area contributed by atoms with E-state index in [-0.39, 0.29) is 5.57 Å². The molecule has 0 aliphatic rings. The number of carbonyl (C=O) groups is 1. The third kappa shape index (κ3) is 5.07. The Morgan fingerprint density at radius 1 is 0.963 bits per heavy atom. The van der Waals surface area contributed by atoms with Crippen molar-refractivity contribution in [2.75, 3.05) is 5.32 Å². The highest BCUT2D eigenvalue weighted by Gasteiger charge is 2.10. The molecule has 0 saturated carbocycles. The number of carbonyl (C=O) groups excluding carboxylic acids is 1. The first-order valence-corrected chi connectivity index (χ1v) is 8.47. The zero-order chi connectivity index (χ0) is 19.1. The Kier molecular flexibility index (Phi) is 5.66. The Bertz CT molecular complexity index is 1000. The van der Waals surface area contributed by atoms with E-state index >= 15 is 0 Å². The monoisotopic (exact) mass is 354 g/mol. The van der Waals surface area contributed by atoms with Crippen LogP contribution in [0.15, 0.2) is 84.4 Å². The molecule has 0 radical (unpaired) electrons. The fourth-order valence-electron chi connectivity index (χ4n) is 2.44. The van der Waals surface area contributed by atoms with Gasteiger partial charge in [0.05, 0.1) is 0 Å². The molecule has 0 aromatic heterocycles. The average Bonchev–Trinajstić information content (AvgIpc) is 2.69. The number of aryl methyl sites for hydroxylation is 1. The minimum atomic E-state index is -0.448. The number of nitriles is 1. The number of anilines is 1. The molecular formula is C23H18N2O2. The molecular weight excluding hydrogens is 336 g/mol. The lowest BCUT2D eigenvalue weighted by atomic mass is 10.1. The molecule has 0 heterocycles. The van der Waals surface area contributed by atoms with Crippen molar-refractivity contribution in [2.24, 2.45) is 0 Å². The van der Waals surface area contributed by atoms with E-state index in [4.69, 9.17) is 4.74 Å². The highest BCUT2D eigenvalue weighted by atomic mass is 16.5. The minimum absolute atomic E-state index is 0.0208. The number of para-hydroxylation sites is 1. The SMILES string of the molecule is Cc1ccc(NC(=O)/C(C#N)=C\c2cccc(Oc3ccccc3)c2)cc1. The number of benzene rings is 3. The highest BCUT2D eigenvalue weighted by Crippen LogP contribution is 2.23. The zero-order valence-corrected chi connectivity index (χ0v) is 14.8. The van der Waals surface area contributed by atoms with Crippen LogP contribution in [-0.4, -0.2) is 5.91 Å². The van der Waals surface area contributed by atoms with Gasteiger partial charge in [0.15, 0.2) is 0 Å². The second kappa shape index (κ2) is 8.50. The second-order valence-corrected chi connectivity index (χ2v) is 5.98. The van der Waals surface area contributed by atoms with Gasteiger partial charge in [-0.3, -0.25) is 4.79 Å². The first-order valence-electron chi connectivity index (χ1n) is 8.47. The number of nitrogens with one attached hydrogen (secondary N) is 1. The molecule has 3 aromatic rings. The van der Waals surface area contributed by atoms with Crippen molar-refractivity contribution in [2.45, 2.75) is 6.92 Å². The number of amides is 1. The first-order chi connectivity index (χ1) is 13.1. The van der Waals surface area contributed by atoms with Gasteiger partial charge >= 0.3 is 0 Å². The summed E-state index contributed by atoms with van der Waals surface area (Å²) < 4.78 is 5.79. The van der Waals surface area contributed by atoms with Crippen LogP contribution in [0, 0.1) is 18.3 Å². The van der Waals surface area contributed by atoms with Gasteiger partial charge in [0, 0.05) is 5.69 Å². The molecule has 3 rings (SSSR count). The smallest absolute Gasteiger partial charge is 0.266 e. The lowest BCUT2D eigenvalue weighted by molar-refractivity contribution is -0.112. The maximum Gasteiger partial charge on any atom is 0.266 e. The van der Waals surface area contributed by atoms with Crippen molar-refractivity contribution in [3.63, 3.8) is 0 Å². The van der Waals surface area contributed by atoms with Crippen LogP contribution in [0.2, 0.25) is 0 Å². The third-order valence-corrected chi connectivity index (χ3v) is 3.82. The van der Waals surface area contributed by atoms with E-state index < -0.39 is 5.91 Å². The Balaban J connectivity index is 1.77. The lowest BCUT2D eigenvalue weighted by Gasteiger charge is -2.07. The number of rotatable bonds is 5. The molecule has 132 valence electrons. The summed E-state index contributed by atoms with van der Waals surface area (Å²) in [5.41, 5.74) is 2.47. The Labute approximate surface area is 158 Å². The summed E-state index contributed by atoms with van der Waals surface area (Å²) in [5.74, 6) is 0.901. The summed E-state index contributed by atoms with van der Waals surface area (Å²) in [6, 6.07) is 26.0. The van der Waals surface area contributed by atoms with Gasteiger partial charge in [-0.25, -0.2) is 0 Å². The molecule has 0 fully saturated rings. The molecule has 0 saturated heterocycles. The van der Waals surface area contributed by atoms with Gasteiger partial charge in [-0.15, -0.1) is 0 Å². The van der Waals surface area contributed by atoms with Crippen LogP contribution in [0.1, 0.15) is 11.1 Å². The molecule has 4 heteroatoms. The van der Waals surface area contributed by atoms with Crippen molar-refractivity contribution in [3.05, 3.63) is 95.6 Å². The van der Waals surface area contributed by atoms with E-state index in [0.717, 1.165) is 11.3 Å². The van der Waals surface area contributed by atoms with Crippen LogP contribution in [-0.2, 0) is 4.79 Å². The number of ether oxygens (including phenoxy) is 1. The van der Waals surface area contributed by atoms with Gasteiger partial charge < -0.3 is 10.1 Å². The van der Waals surface area contributed by atoms with Crippen LogP contribution in [0.5, 0.6) is 11.5 Å². The van der Waals surface area contributed by atoms with Gasteiger partial charge in [-0.2, -0.15) is 5.26 Å². The van der Waals surface area contributed by atoms with Crippen LogP contribution >= 0.6 is 0 Å². The molecule has 4 nitrogen and oxygen atoms in total. The van der Waals surface area contributed by atoms with Crippen molar-refractivity contribution in [1.29, 1.82) is 5.26 Å². The standard InChI is InChI=1S/C23H18N2O2/c1-17-10-12-20(13-11-17)25-23(26)19(16-24)14-18-6-5-9-22(15-18)27-21-7-3-2-4-8-21/h2-15H,1H3,(H,25,26)/b19-14-. The molecule has 0 bridgehead atoms. The van der Waals surface area contributed by atoms with Crippen LogP contribution in [0.4, 0.5) is 5.69 Å². The van der Waals surface area contributed by atoms with Gasteiger partial charge in [-0.05, 0) is 55.0 Å². The summed E-state index contributed by atoms with van der Waals surface area (Å²) in [6.07, 6.45) is 1.54. The summed E-state index contributed by atoms with van der Waals surface area (Å²) in [6.45, 7) is 1.97. The van der Waals surface area contributed by atoms with Crippen molar-refractivity contribution in [1.82, 2.24) is 0 Å². The number of hydrogen-bond acceptors (Lipinski definition) is 3. The van der Waals surface area contributed by atoms with Gasteiger partial charge in [0.25, 0.3) is 5.91 Å². The normalized spacial score (nSPS) is 10.7. The molecule has 0 aliphatic carbocycles. The summed E-state index contributed by atoms with van der Waals surface area (Å²) in [4.78, 5) is 12.4. The van der Waals surface area contributed by atoms with E-state index in [1.54, 1.807) is 24.3 Å². The average molecular weight is 354 g/mol.